The van der Waals surface area contributed by atoms with Crippen LogP contribution in [-0.2, 0) is 0 Å². The minimum absolute atomic E-state index is 0.711. The maximum atomic E-state index is 3.60. The van der Waals surface area contributed by atoms with Crippen molar-refractivity contribution in [1.29, 1.82) is 0 Å². The Kier molecular flexibility index (Phi) is 5.30. The molecule has 1 saturated heterocycles. The zero-order valence-corrected chi connectivity index (χ0v) is 13.7. The number of likely N-dealkylation sites (tertiary alicyclic amines) is 1. The molecule has 0 aromatic carbocycles. The van der Waals surface area contributed by atoms with Gasteiger partial charge in [0, 0.05) is 18.1 Å². The second-order valence-corrected chi connectivity index (χ2v) is 7.38. The molecule has 0 aromatic rings. The lowest BCUT2D eigenvalue weighted by molar-refractivity contribution is 0.0161. The van der Waals surface area contributed by atoms with Crippen LogP contribution in [0, 0.1) is 17.8 Å². The highest BCUT2D eigenvalue weighted by atomic mass is 15.2. The lowest BCUT2D eigenvalue weighted by Gasteiger charge is -2.49. The predicted molar refractivity (Wildman–Crippen MR) is 83.4 cm³/mol. The van der Waals surface area contributed by atoms with E-state index in [1.807, 2.05) is 0 Å². The molecule has 19 heavy (non-hydrogen) atoms. The molecule has 2 nitrogen and oxygen atoms in total. The Balaban J connectivity index is 2.08. The molecule has 2 fully saturated rings. The average Bonchev–Trinajstić information content (AvgIpc) is 2.41. The second-order valence-electron chi connectivity index (χ2n) is 7.38. The van der Waals surface area contributed by atoms with Gasteiger partial charge in [-0.1, -0.05) is 20.8 Å². The van der Waals surface area contributed by atoms with Crippen molar-refractivity contribution in [3.05, 3.63) is 0 Å². The van der Waals surface area contributed by atoms with Crippen molar-refractivity contribution in [1.82, 2.24) is 10.2 Å². The minimum atomic E-state index is 0.711. The Labute approximate surface area is 120 Å². The Bertz CT molecular complexity index is 276. The molecule has 0 radical (unpaired) electrons. The van der Waals surface area contributed by atoms with Gasteiger partial charge in [0.05, 0.1) is 0 Å². The van der Waals surface area contributed by atoms with Crippen molar-refractivity contribution < 1.29 is 0 Å². The van der Waals surface area contributed by atoms with Crippen LogP contribution in [-0.4, -0.2) is 36.6 Å². The molecule has 0 spiro atoms. The van der Waals surface area contributed by atoms with Gasteiger partial charge in [0.2, 0.25) is 0 Å². The average molecular weight is 266 g/mol. The molecular weight excluding hydrogens is 232 g/mol. The number of rotatable bonds is 3. The fraction of sp³-hybridized carbons (Fsp3) is 1.00. The molecule has 1 saturated carbocycles. The molecule has 0 aromatic heterocycles. The number of nitrogens with one attached hydrogen (secondary N) is 1. The molecule has 1 aliphatic heterocycles. The van der Waals surface area contributed by atoms with Crippen molar-refractivity contribution in [3.63, 3.8) is 0 Å². The molecule has 0 bridgehead atoms. The first-order valence-electron chi connectivity index (χ1n) is 8.47. The number of hydrogen-bond acceptors (Lipinski definition) is 2. The van der Waals surface area contributed by atoms with Gasteiger partial charge >= 0.3 is 0 Å². The highest BCUT2D eigenvalue weighted by Gasteiger charge is 2.38. The molecule has 1 N–H and O–H groups in total. The van der Waals surface area contributed by atoms with E-state index in [-0.39, 0.29) is 0 Å². The first-order valence-corrected chi connectivity index (χ1v) is 8.47. The van der Waals surface area contributed by atoms with Crippen LogP contribution in [0.1, 0.15) is 59.8 Å². The van der Waals surface area contributed by atoms with Gasteiger partial charge in [0.25, 0.3) is 0 Å². The monoisotopic (exact) mass is 266 g/mol. The first-order chi connectivity index (χ1) is 9.04. The summed E-state index contributed by atoms with van der Waals surface area (Å²) in [4.78, 5) is 2.84. The van der Waals surface area contributed by atoms with E-state index in [2.05, 4.69) is 45.0 Å². The van der Waals surface area contributed by atoms with Crippen LogP contribution in [0.2, 0.25) is 0 Å². The van der Waals surface area contributed by atoms with Crippen LogP contribution in [0.25, 0.3) is 0 Å². The molecule has 1 heterocycles. The summed E-state index contributed by atoms with van der Waals surface area (Å²) in [6, 6.07) is 2.24. The van der Waals surface area contributed by atoms with Crippen LogP contribution in [0.3, 0.4) is 0 Å². The Morgan fingerprint density at radius 3 is 2.47 bits per heavy atom. The molecule has 2 heteroatoms. The van der Waals surface area contributed by atoms with Crippen molar-refractivity contribution in [2.45, 2.75) is 77.9 Å². The van der Waals surface area contributed by atoms with Crippen LogP contribution in [0.5, 0.6) is 0 Å². The summed E-state index contributed by atoms with van der Waals surface area (Å²) in [5, 5.41) is 3.60. The molecule has 112 valence electrons. The summed E-state index contributed by atoms with van der Waals surface area (Å²) in [6.07, 6.45) is 6.99. The topological polar surface area (TPSA) is 15.3 Å². The molecule has 0 amide bonds. The zero-order valence-electron chi connectivity index (χ0n) is 13.7. The van der Waals surface area contributed by atoms with Crippen molar-refractivity contribution >= 4 is 0 Å². The van der Waals surface area contributed by atoms with E-state index in [1.165, 1.54) is 38.6 Å². The molecule has 5 unspecified atom stereocenters. The largest absolute Gasteiger partial charge is 0.315 e. The van der Waals surface area contributed by atoms with Gasteiger partial charge in [-0.2, -0.15) is 0 Å². The number of nitrogens with zero attached hydrogens (tertiary/aromatic N) is 1. The summed E-state index contributed by atoms with van der Waals surface area (Å²) in [5.41, 5.74) is 0. The Morgan fingerprint density at radius 2 is 1.84 bits per heavy atom. The van der Waals surface area contributed by atoms with E-state index in [0.717, 1.165) is 29.8 Å². The van der Waals surface area contributed by atoms with E-state index in [0.29, 0.717) is 6.04 Å². The first kappa shape index (κ1) is 15.3. The van der Waals surface area contributed by atoms with E-state index in [4.69, 9.17) is 0 Å². The van der Waals surface area contributed by atoms with Crippen LogP contribution in [0.15, 0.2) is 0 Å². The summed E-state index contributed by atoms with van der Waals surface area (Å²) >= 11 is 0. The Hall–Kier alpha value is -0.0800. The normalized spacial score (nSPS) is 41.7. The smallest absolute Gasteiger partial charge is 0.0254 e. The highest BCUT2D eigenvalue weighted by molar-refractivity contribution is 4.95. The van der Waals surface area contributed by atoms with Gasteiger partial charge < -0.3 is 5.32 Å². The molecule has 5 atom stereocenters. The van der Waals surface area contributed by atoms with Gasteiger partial charge in [-0.25, -0.2) is 0 Å². The standard InChI is InChI=1S/C17H34N2/c1-12(2)15-8-9-16(18-5)17(11-15)19-10-6-7-13(3)14(19)4/h12-18H,6-11H2,1-5H3. The van der Waals surface area contributed by atoms with Gasteiger partial charge in [-0.15, -0.1) is 0 Å². The van der Waals surface area contributed by atoms with Crippen molar-refractivity contribution in [2.75, 3.05) is 13.6 Å². The van der Waals surface area contributed by atoms with Crippen LogP contribution < -0.4 is 5.32 Å². The fourth-order valence-electron chi connectivity index (χ4n) is 4.32. The van der Waals surface area contributed by atoms with Gasteiger partial charge in [0.1, 0.15) is 0 Å². The predicted octanol–water partition coefficient (Wildman–Crippen LogP) is 3.52. The van der Waals surface area contributed by atoms with Crippen molar-refractivity contribution in [3.8, 4) is 0 Å². The highest BCUT2D eigenvalue weighted by Crippen LogP contribution is 2.36. The quantitative estimate of drug-likeness (QED) is 0.841. The summed E-state index contributed by atoms with van der Waals surface area (Å²) < 4.78 is 0. The third-order valence-corrected chi connectivity index (χ3v) is 6.02. The third-order valence-electron chi connectivity index (χ3n) is 6.02. The van der Waals surface area contributed by atoms with Crippen molar-refractivity contribution in [2.24, 2.45) is 17.8 Å². The maximum Gasteiger partial charge on any atom is 0.0254 e. The molecular formula is C17H34N2. The summed E-state index contributed by atoms with van der Waals surface area (Å²) in [6.45, 7) is 11.0. The van der Waals surface area contributed by atoms with Gasteiger partial charge in [0.15, 0.2) is 0 Å². The minimum Gasteiger partial charge on any atom is -0.315 e. The SMILES string of the molecule is CNC1CCC(C(C)C)CC1N1CCCC(C)C1C. The summed E-state index contributed by atoms with van der Waals surface area (Å²) in [5.74, 6) is 2.64. The number of likely N-dealkylation sites (N-methyl/N-ethyl adjacent to an activating group) is 1. The zero-order chi connectivity index (χ0) is 14.0. The lowest BCUT2D eigenvalue weighted by atomic mass is 9.75. The van der Waals surface area contributed by atoms with E-state index >= 15 is 0 Å². The molecule has 2 rings (SSSR count). The van der Waals surface area contributed by atoms with Gasteiger partial charge in [-0.05, 0) is 70.4 Å². The summed E-state index contributed by atoms with van der Waals surface area (Å²) in [7, 11) is 2.16. The number of piperidine rings is 1. The van der Waals surface area contributed by atoms with Crippen LogP contribution >= 0.6 is 0 Å². The second kappa shape index (κ2) is 6.58. The van der Waals surface area contributed by atoms with E-state index < -0.39 is 0 Å². The Morgan fingerprint density at radius 1 is 1.11 bits per heavy atom. The van der Waals surface area contributed by atoms with Crippen LogP contribution in [0.4, 0.5) is 0 Å². The fourth-order valence-corrected chi connectivity index (χ4v) is 4.32. The maximum absolute atomic E-state index is 3.60. The van der Waals surface area contributed by atoms with E-state index in [9.17, 15) is 0 Å². The lowest BCUT2D eigenvalue weighted by Crippen LogP contribution is -2.58. The molecule has 1 aliphatic carbocycles. The van der Waals surface area contributed by atoms with E-state index in [1.54, 1.807) is 0 Å². The number of hydrogen-bond donors (Lipinski definition) is 1. The molecule has 2 aliphatic rings. The third kappa shape index (κ3) is 3.33. The van der Waals surface area contributed by atoms with Gasteiger partial charge in [-0.3, -0.25) is 4.90 Å².